The van der Waals surface area contributed by atoms with Crippen LogP contribution in [0, 0.1) is 0 Å². The molecule has 2 N–H and O–H groups in total. The molecule has 1 saturated carbocycles. The van der Waals surface area contributed by atoms with Crippen LogP contribution in [0.2, 0.25) is 10.0 Å². The second kappa shape index (κ2) is 6.54. The summed E-state index contributed by atoms with van der Waals surface area (Å²) in [5.41, 5.74) is 6.27. The minimum atomic E-state index is -0.425. The Morgan fingerprint density at radius 2 is 2.05 bits per heavy atom. The molecule has 5 nitrogen and oxygen atoms in total. The highest BCUT2D eigenvalue weighted by atomic mass is 35.5. The summed E-state index contributed by atoms with van der Waals surface area (Å²) in [4.78, 5) is 25.7. The number of nitrogens with two attached hydrogens (primary N) is 1. The van der Waals surface area contributed by atoms with Crippen molar-refractivity contribution in [3.8, 4) is 0 Å². The van der Waals surface area contributed by atoms with Crippen LogP contribution in [0.4, 0.5) is 5.69 Å². The van der Waals surface area contributed by atoms with Crippen molar-refractivity contribution in [3.63, 3.8) is 0 Å². The molecule has 0 spiro atoms. The van der Waals surface area contributed by atoms with Crippen molar-refractivity contribution in [2.75, 3.05) is 18.9 Å². The van der Waals surface area contributed by atoms with Crippen LogP contribution < -0.4 is 5.73 Å². The summed E-state index contributed by atoms with van der Waals surface area (Å²) in [5, 5.41) is 0.434. The molecule has 0 unspecified atom stereocenters. The molecule has 0 atom stereocenters. The van der Waals surface area contributed by atoms with Crippen LogP contribution in [0.25, 0.3) is 0 Å². The molecule has 0 aromatic heterocycles. The van der Waals surface area contributed by atoms with E-state index < -0.39 is 5.97 Å². The monoisotopic (exact) mass is 330 g/mol. The number of carbonyl (C=O) groups is 2. The van der Waals surface area contributed by atoms with Crippen LogP contribution in [-0.4, -0.2) is 36.0 Å². The van der Waals surface area contributed by atoms with Gasteiger partial charge in [-0.05, 0) is 31.9 Å². The van der Waals surface area contributed by atoms with E-state index in [1.807, 2.05) is 0 Å². The van der Waals surface area contributed by atoms with E-state index in [2.05, 4.69) is 0 Å². The van der Waals surface area contributed by atoms with Crippen molar-refractivity contribution in [2.45, 2.75) is 25.8 Å². The number of ether oxygens (including phenoxy) is 1. The SMILES string of the molecule is CCOC(=O)CN(C(=O)c1cc(N)c(Cl)c(Cl)c1)C1CC1. The number of hydrogen-bond acceptors (Lipinski definition) is 4. The number of esters is 1. The van der Waals surface area contributed by atoms with Gasteiger partial charge in [0.15, 0.2) is 0 Å². The number of hydrogen-bond donors (Lipinski definition) is 1. The summed E-state index contributed by atoms with van der Waals surface area (Å²) in [7, 11) is 0. The molecule has 0 heterocycles. The molecule has 1 aliphatic rings. The van der Waals surface area contributed by atoms with Crippen LogP contribution >= 0.6 is 23.2 Å². The maximum atomic E-state index is 12.5. The molecule has 0 aliphatic heterocycles. The third-order valence-corrected chi connectivity index (χ3v) is 3.97. The van der Waals surface area contributed by atoms with E-state index in [1.54, 1.807) is 6.92 Å². The first-order chi connectivity index (χ1) is 9.93. The Bertz CT molecular complexity index is 550. The maximum Gasteiger partial charge on any atom is 0.325 e. The van der Waals surface area contributed by atoms with Crippen molar-refractivity contribution in [1.29, 1.82) is 0 Å². The quantitative estimate of drug-likeness (QED) is 0.665. The highest BCUT2D eigenvalue weighted by molar-refractivity contribution is 6.43. The Morgan fingerprint density at radius 1 is 1.38 bits per heavy atom. The summed E-state index contributed by atoms with van der Waals surface area (Å²) < 4.78 is 4.90. The first-order valence-corrected chi connectivity index (χ1v) is 7.40. The van der Waals surface area contributed by atoms with Crippen LogP contribution in [0.5, 0.6) is 0 Å². The predicted octanol–water partition coefficient (Wildman–Crippen LogP) is 2.74. The van der Waals surface area contributed by atoms with Crippen LogP contribution in [-0.2, 0) is 9.53 Å². The summed E-state index contributed by atoms with van der Waals surface area (Å²) in [5.74, 6) is -0.721. The van der Waals surface area contributed by atoms with Gasteiger partial charge in [-0.2, -0.15) is 0 Å². The van der Waals surface area contributed by atoms with E-state index >= 15 is 0 Å². The van der Waals surface area contributed by atoms with Crippen molar-refractivity contribution in [1.82, 2.24) is 4.90 Å². The van der Waals surface area contributed by atoms with E-state index in [0.717, 1.165) is 12.8 Å². The average molecular weight is 331 g/mol. The van der Waals surface area contributed by atoms with Gasteiger partial charge in [0.1, 0.15) is 6.54 Å². The van der Waals surface area contributed by atoms with Gasteiger partial charge in [-0.25, -0.2) is 0 Å². The molecule has 0 saturated heterocycles. The van der Waals surface area contributed by atoms with Crippen LogP contribution in [0.15, 0.2) is 12.1 Å². The molecular formula is C14H16Cl2N2O3. The molecule has 1 aromatic carbocycles. The fraction of sp³-hybridized carbons (Fsp3) is 0.429. The lowest BCUT2D eigenvalue weighted by Gasteiger charge is -2.21. The molecular weight excluding hydrogens is 315 g/mol. The van der Waals surface area contributed by atoms with Gasteiger partial charge in [0, 0.05) is 11.6 Å². The molecule has 7 heteroatoms. The van der Waals surface area contributed by atoms with Crippen molar-refractivity contribution >= 4 is 40.8 Å². The standard InChI is InChI=1S/C14H16Cl2N2O3/c1-2-21-12(19)7-18(9-3-4-9)14(20)8-5-10(15)13(16)11(17)6-8/h5-6,9H,2-4,7,17H2,1H3. The predicted molar refractivity (Wildman–Crippen MR) is 81.6 cm³/mol. The summed E-state index contributed by atoms with van der Waals surface area (Å²) in [6.45, 7) is 1.93. The van der Waals surface area contributed by atoms with Crippen molar-refractivity contribution in [3.05, 3.63) is 27.7 Å². The lowest BCUT2D eigenvalue weighted by Crippen LogP contribution is -2.38. The van der Waals surface area contributed by atoms with Gasteiger partial charge in [-0.1, -0.05) is 23.2 Å². The molecule has 21 heavy (non-hydrogen) atoms. The number of anilines is 1. The normalized spacial score (nSPS) is 13.9. The zero-order chi connectivity index (χ0) is 15.6. The second-order valence-corrected chi connectivity index (χ2v) is 5.62. The number of nitrogens with zero attached hydrogens (tertiary/aromatic N) is 1. The van der Waals surface area contributed by atoms with E-state index in [9.17, 15) is 9.59 Å². The van der Waals surface area contributed by atoms with E-state index in [1.165, 1.54) is 17.0 Å². The Kier molecular flexibility index (Phi) is 4.96. The topological polar surface area (TPSA) is 72.6 Å². The number of benzene rings is 1. The van der Waals surface area contributed by atoms with Gasteiger partial charge < -0.3 is 15.4 Å². The molecule has 0 radical (unpaired) electrons. The van der Waals surface area contributed by atoms with Crippen LogP contribution in [0.1, 0.15) is 30.1 Å². The minimum absolute atomic E-state index is 0.0672. The Balaban J connectivity index is 2.20. The highest BCUT2D eigenvalue weighted by Crippen LogP contribution is 2.32. The molecule has 1 aliphatic carbocycles. The van der Waals surface area contributed by atoms with E-state index in [-0.39, 0.29) is 40.8 Å². The average Bonchev–Trinajstić information content (AvgIpc) is 3.25. The summed E-state index contributed by atoms with van der Waals surface area (Å²) >= 11 is 11.8. The fourth-order valence-corrected chi connectivity index (χ4v) is 2.33. The Hall–Kier alpha value is -1.46. The van der Waals surface area contributed by atoms with Gasteiger partial charge in [0.2, 0.25) is 0 Å². The van der Waals surface area contributed by atoms with Crippen molar-refractivity contribution < 1.29 is 14.3 Å². The first-order valence-electron chi connectivity index (χ1n) is 6.65. The molecule has 0 bridgehead atoms. The van der Waals surface area contributed by atoms with Gasteiger partial charge in [-0.15, -0.1) is 0 Å². The smallest absolute Gasteiger partial charge is 0.325 e. The second-order valence-electron chi connectivity index (χ2n) is 4.83. The third-order valence-electron chi connectivity index (χ3n) is 3.16. The van der Waals surface area contributed by atoms with Gasteiger partial charge in [0.05, 0.1) is 22.3 Å². The molecule has 2 rings (SSSR count). The third kappa shape index (κ3) is 3.80. The summed E-state index contributed by atoms with van der Waals surface area (Å²) in [6, 6.07) is 3.00. The number of carbonyl (C=O) groups excluding carboxylic acids is 2. The summed E-state index contributed by atoms with van der Waals surface area (Å²) in [6.07, 6.45) is 1.75. The molecule has 1 aromatic rings. The zero-order valence-corrected chi connectivity index (χ0v) is 13.1. The van der Waals surface area contributed by atoms with Gasteiger partial charge in [-0.3, -0.25) is 9.59 Å². The molecule has 1 amide bonds. The Labute approximate surface area is 132 Å². The number of halogens is 2. The van der Waals surface area contributed by atoms with Crippen LogP contribution in [0.3, 0.4) is 0 Å². The maximum absolute atomic E-state index is 12.5. The minimum Gasteiger partial charge on any atom is -0.465 e. The first kappa shape index (κ1) is 15.9. The zero-order valence-electron chi connectivity index (χ0n) is 11.6. The highest BCUT2D eigenvalue weighted by Gasteiger charge is 2.35. The van der Waals surface area contributed by atoms with E-state index in [0.29, 0.717) is 5.56 Å². The number of rotatable bonds is 5. The molecule has 114 valence electrons. The Morgan fingerprint density at radius 3 is 2.57 bits per heavy atom. The lowest BCUT2D eigenvalue weighted by atomic mass is 10.1. The number of amides is 1. The van der Waals surface area contributed by atoms with Gasteiger partial charge in [0.25, 0.3) is 5.91 Å². The molecule has 1 fully saturated rings. The lowest BCUT2D eigenvalue weighted by molar-refractivity contribution is -0.144. The van der Waals surface area contributed by atoms with Crippen molar-refractivity contribution in [2.24, 2.45) is 0 Å². The largest absolute Gasteiger partial charge is 0.465 e. The van der Waals surface area contributed by atoms with E-state index in [4.69, 9.17) is 33.7 Å². The fourth-order valence-electron chi connectivity index (χ4n) is 2.00. The van der Waals surface area contributed by atoms with Gasteiger partial charge >= 0.3 is 5.97 Å². The number of nitrogen functional groups attached to an aromatic ring is 1.